The fourth-order valence-corrected chi connectivity index (χ4v) is 4.29. The number of carbonyl (C=O) groups is 1. The first-order chi connectivity index (χ1) is 15.0. The maximum absolute atomic E-state index is 11.3. The molecule has 0 fully saturated rings. The van der Waals surface area contributed by atoms with Gasteiger partial charge in [-0.2, -0.15) is 0 Å². The molecule has 1 unspecified atom stereocenters. The number of esters is 1. The SMILES string of the molecule is C=C(C)C(=O)OCCCCC(O)COc1ccc2cc(-c3ccc(CC)cc3)sc2c1. The summed E-state index contributed by atoms with van der Waals surface area (Å²) in [5, 5.41) is 11.4. The van der Waals surface area contributed by atoms with Gasteiger partial charge in [0.1, 0.15) is 12.4 Å². The van der Waals surface area contributed by atoms with Crippen molar-refractivity contribution in [3.63, 3.8) is 0 Å². The summed E-state index contributed by atoms with van der Waals surface area (Å²) in [6, 6.07) is 17.0. The van der Waals surface area contributed by atoms with Gasteiger partial charge in [0.25, 0.3) is 0 Å². The zero-order valence-corrected chi connectivity index (χ0v) is 19.0. The molecule has 5 heteroatoms. The summed E-state index contributed by atoms with van der Waals surface area (Å²) in [6.45, 7) is 7.92. The number of benzene rings is 2. The standard InChI is InChI=1S/C26H30O4S/c1-4-19-8-10-20(11-9-19)24-15-21-12-13-23(16-25(21)31-24)30-17-22(27)7-5-6-14-29-26(28)18(2)3/h8-13,15-16,22,27H,2,4-7,14,17H2,1,3H3. The van der Waals surface area contributed by atoms with E-state index in [0.29, 0.717) is 25.0 Å². The molecule has 2 aromatic carbocycles. The van der Waals surface area contributed by atoms with Crippen LogP contribution in [0.5, 0.6) is 5.75 Å². The van der Waals surface area contributed by atoms with E-state index in [4.69, 9.17) is 9.47 Å². The Morgan fingerprint density at radius 2 is 1.90 bits per heavy atom. The quantitative estimate of drug-likeness (QED) is 0.221. The molecule has 0 spiro atoms. The molecule has 0 saturated carbocycles. The third-order valence-electron chi connectivity index (χ3n) is 5.09. The van der Waals surface area contributed by atoms with Crippen LogP contribution in [0.15, 0.2) is 60.7 Å². The first kappa shape index (κ1) is 23.0. The summed E-state index contributed by atoms with van der Waals surface area (Å²) < 4.78 is 12.0. The number of aliphatic hydroxyl groups is 1. The smallest absolute Gasteiger partial charge is 0.333 e. The van der Waals surface area contributed by atoms with Gasteiger partial charge in [0.15, 0.2) is 0 Å². The van der Waals surface area contributed by atoms with Crippen molar-refractivity contribution in [1.29, 1.82) is 0 Å². The van der Waals surface area contributed by atoms with Gasteiger partial charge in [0.05, 0.1) is 12.7 Å². The fraction of sp³-hybridized carbons (Fsp3) is 0.346. The van der Waals surface area contributed by atoms with Crippen LogP contribution < -0.4 is 4.74 Å². The summed E-state index contributed by atoms with van der Waals surface area (Å²) in [4.78, 5) is 12.5. The zero-order chi connectivity index (χ0) is 22.2. The number of thiophene rings is 1. The maximum atomic E-state index is 11.3. The molecular formula is C26H30O4S. The predicted octanol–water partition coefficient (Wildman–Crippen LogP) is 6.16. The van der Waals surface area contributed by atoms with Crippen LogP contribution in [0.1, 0.15) is 38.7 Å². The second-order valence-electron chi connectivity index (χ2n) is 7.74. The topological polar surface area (TPSA) is 55.8 Å². The highest BCUT2D eigenvalue weighted by atomic mass is 32.1. The van der Waals surface area contributed by atoms with E-state index in [-0.39, 0.29) is 12.6 Å². The van der Waals surface area contributed by atoms with Gasteiger partial charge in [-0.15, -0.1) is 11.3 Å². The van der Waals surface area contributed by atoms with E-state index < -0.39 is 6.10 Å². The predicted molar refractivity (Wildman–Crippen MR) is 128 cm³/mol. The van der Waals surface area contributed by atoms with Crippen LogP contribution in [0.25, 0.3) is 20.5 Å². The van der Waals surface area contributed by atoms with Crippen LogP contribution in [-0.2, 0) is 16.0 Å². The highest BCUT2D eigenvalue weighted by Crippen LogP contribution is 2.35. The fourth-order valence-electron chi connectivity index (χ4n) is 3.19. The molecule has 1 atom stereocenters. The molecular weight excluding hydrogens is 408 g/mol. The van der Waals surface area contributed by atoms with Crippen molar-refractivity contribution in [2.75, 3.05) is 13.2 Å². The van der Waals surface area contributed by atoms with Crippen LogP contribution in [0, 0.1) is 0 Å². The minimum absolute atomic E-state index is 0.244. The molecule has 1 N–H and O–H groups in total. The Bertz CT molecular complexity index is 1020. The monoisotopic (exact) mass is 438 g/mol. The van der Waals surface area contributed by atoms with Crippen molar-refractivity contribution >= 4 is 27.4 Å². The van der Waals surface area contributed by atoms with Crippen LogP contribution in [0.4, 0.5) is 0 Å². The lowest BCUT2D eigenvalue weighted by molar-refractivity contribution is -0.139. The average Bonchev–Trinajstić information content (AvgIpc) is 3.20. The second-order valence-corrected chi connectivity index (χ2v) is 8.82. The van der Waals surface area contributed by atoms with Gasteiger partial charge in [0, 0.05) is 15.2 Å². The van der Waals surface area contributed by atoms with Crippen molar-refractivity contribution in [3.05, 3.63) is 66.2 Å². The molecule has 0 amide bonds. The summed E-state index contributed by atoms with van der Waals surface area (Å²) in [7, 11) is 0. The van der Waals surface area contributed by atoms with Crippen LogP contribution in [0.3, 0.4) is 0 Å². The van der Waals surface area contributed by atoms with Crippen molar-refractivity contribution in [3.8, 4) is 16.2 Å². The summed E-state index contributed by atoms with van der Waals surface area (Å²) in [6.07, 6.45) is 2.56. The van der Waals surface area contributed by atoms with Crippen molar-refractivity contribution in [2.24, 2.45) is 0 Å². The minimum atomic E-state index is -0.552. The van der Waals surface area contributed by atoms with Crippen LogP contribution in [0.2, 0.25) is 0 Å². The van der Waals surface area contributed by atoms with Gasteiger partial charge in [-0.3, -0.25) is 0 Å². The van der Waals surface area contributed by atoms with E-state index in [2.05, 4.69) is 49.9 Å². The molecule has 3 aromatic rings. The number of hydrogen-bond acceptors (Lipinski definition) is 5. The van der Waals surface area contributed by atoms with Gasteiger partial charge >= 0.3 is 5.97 Å². The van der Waals surface area contributed by atoms with Crippen molar-refractivity contribution < 1.29 is 19.4 Å². The third kappa shape index (κ3) is 6.68. The Labute approximate surface area is 188 Å². The Kier molecular flexibility index (Phi) is 8.27. The number of ether oxygens (including phenoxy) is 2. The summed E-state index contributed by atoms with van der Waals surface area (Å²) >= 11 is 1.75. The van der Waals surface area contributed by atoms with E-state index in [1.54, 1.807) is 18.3 Å². The molecule has 0 aliphatic rings. The van der Waals surface area contributed by atoms with E-state index >= 15 is 0 Å². The van der Waals surface area contributed by atoms with E-state index in [1.165, 1.54) is 26.1 Å². The summed E-state index contributed by atoms with van der Waals surface area (Å²) in [5.41, 5.74) is 2.97. The number of aliphatic hydroxyl groups excluding tert-OH is 1. The lowest BCUT2D eigenvalue weighted by atomic mass is 10.1. The molecule has 0 bridgehead atoms. The number of unbranched alkanes of at least 4 members (excludes halogenated alkanes) is 1. The summed E-state index contributed by atoms with van der Waals surface area (Å²) in [5.74, 6) is 0.394. The average molecular weight is 439 g/mol. The Morgan fingerprint density at radius 1 is 1.13 bits per heavy atom. The molecule has 0 saturated heterocycles. The van der Waals surface area contributed by atoms with E-state index in [1.807, 2.05) is 12.1 Å². The number of aryl methyl sites for hydroxylation is 1. The van der Waals surface area contributed by atoms with Gasteiger partial charge in [0.2, 0.25) is 0 Å². The van der Waals surface area contributed by atoms with Gasteiger partial charge in [-0.1, -0.05) is 37.8 Å². The number of fused-ring (bicyclic) bond motifs is 1. The highest BCUT2D eigenvalue weighted by molar-refractivity contribution is 7.22. The van der Waals surface area contributed by atoms with Gasteiger partial charge in [-0.05, 0) is 73.4 Å². The molecule has 31 heavy (non-hydrogen) atoms. The Hall–Kier alpha value is -2.63. The van der Waals surface area contributed by atoms with Crippen molar-refractivity contribution in [2.45, 2.75) is 45.6 Å². The van der Waals surface area contributed by atoms with E-state index in [9.17, 15) is 9.90 Å². The van der Waals surface area contributed by atoms with Crippen molar-refractivity contribution in [1.82, 2.24) is 0 Å². The lowest BCUT2D eigenvalue weighted by Crippen LogP contribution is -2.17. The Morgan fingerprint density at radius 3 is 2.61 bits per heavy atom. The molecule has 4 nitrogen and oxygen atoms in total. The number of carbonyl (C=O) groups excluding carboxylic acids is 1. The second kappa shape index (κ2) is 11.1. The molecule has 164 valence electrons. The lowest BCUT2D eigenvalue weighted by Gasteiger charge is -2.12. The molecule has 3 rings (SSSR count). The minimum Gasteiger partial charge on any atom is -0.491 e. The highest BCUT2D eigenvalue weighted by Gasteiger charge is 2.09. The largest absolute Gasteiger partial charge is 0.491 e. The first-order valence-electron chi connectivity index (χ1n) is 10.7. The molecule has 0 radical (unpaired) electrons. The molecule has 0 aliphatic heterocycles. The Balaban J connectivity index is 1.48. The van der Waals surface area contributed by atoms with E-state index in [0.717, 1.165) is 18.6 Å². The van der Waals surface area contributed by atoms with Gasteiger partial charge < -0.3 is 14.6 Å². The van der Waals surface area contributed by atoms with Crippen LogP contribution >= 0.6 is 11.3 Å². The number of hydrogen-bond donors (Lipinski definition) is 1. The molecule has 1 aromatic heterocycles. The number of rotatable bonds is 11. The molecule has 0 aliphatic carbocycles. The maximum Gasteiger partial charge on any atom is 0.333 e. The molecule has 1 heterocycles. The zero-order valence-electron chi connectivity index (χ0n) is 18.2. The normalized spacial score (nSPS) is 12.0. The third-order valence-corrected chi connectivity index (χ3v) is 6.24. The van der Waals surface area contributed by atoms with Crippen LogP contribution in [-0.4, -0.2) is 30.4 Å². The first-order valence-corrected chi connectivity index (χ1v) is 11.5. The van der Waals surface area contributed by atoms with Gasteiger partial charge in [-0.25, -0.2) is 4.79 Å².